The van der Waals surface area contributed by atoms with Crippen molar-refractivity contribution in [3.05, 3.63) is 215 Å². The van der Waals surface area contributed by atoms with Gasteiger partial charge in [0.25, 0.3) is 0 Å². The van der Waals surface area contributed by atoms with Crippen LogP contribution in [0.5, 0.6) is 0 Å². The zero-order chi connectivity index (χ0) is 51.3. The molecule has 360 valence electrons. The summed E-state index contributed by atoms with van der Waals surface area (Å²) in [5, 5.41) is 14.0. The van der Waals surface area contributed by atoms with E-state index in [-0.39, 0.29) is 16.7 Å². The lowest BCUT2D eigenvalue weighted by molar-refractivity contribution is -0.138. The highest BCUT2D eigenvalue weighted by atomic mass is 19.4. The molecule has 0 saturated carbocycles. The number of hydrogen-bond donors (Lipinski definition) is 0. The lowest BCUT2D eigenvalue weighted by Gasteiger charge is -2.22. The van der Waals surface area contributed by atoms with E-state index in [9.17, 15) is 44.8 Å². The van der Waals surface area contributed by atoms with Gasteiger partial charge in [0.15, 0.2) is 0 Å². The molecular formula is C61H38F9N3. The first-order valence-electron chi connectivity index (χ1n) is 23.1. The molecule has 0 atom stereocenters. The van der Waals surface area contributed by atoms with E-state index in [2.05, 4.69) is 6.07 Å². The fourth-order valence-electron chi connectivity index (χ4n) is 10.5. The molecular weight excluding hydrogens is 946 g/mol. The highest BCUT2D eigenvalue weighted by Crippen LogP contribution is 2.47. The van der Waals surface area contributed by atoms with Crippen molar-refractivity contribution >= 4 is 43.6 Å². The molecule has 11 aromatic rings. The van der Waals surface area contributed by atoms with Crippen molar-refractivity contribution in [2.24, 2.45) is 0 Å². The second kappa shape index (κ2) is 17.1. The van der Waals surface area contributed by atoms with Crippen LogP contribution >= 0.6 is 0 Å². The van der Waals surface area contributed by atoms with Gasteiger partial charge in [-0.3, -0.25) is 0 Å². The van der Waals surface area contributed by atoms with E-state index >= 15 is 0 Å². The molecule has 0 saturated heterocycles. The van der Waals surface area contributed by atoms with E-state index in [1.54, 1.807) is 81.4 Å². The van der Waals surface area contributed by atoms with Crippen molar-refractivity contribution < 1.29 is 39.5 Å². The van der Waals surface area contributed by atoms with Crippen LogP contribution in [0.2, 0.25) is 0 Å². The summed E-state index contributed by atoms with van der Waals surface area (Å²) >= 11 is 0. The predicted molar refractivity (Wildman–Crippen MR) is 271 cm³/mol. The van der Waals surface area contributed by atoms with Gasteiger partial charge in [-0.1, -0.05) is 84.9 Å². The summed E-state index contributed by atoms with van der Waals surface area (Å²) in [6, 6.07) is 50.2. The van der Waals surface area contributed by atoms with Crippen molar-refractivity contribution in [1.82, 2.24) is 9.13 Å². The third kappa shape index (κ3) is 8.05. The van der Waals surface area contributed by atoms with E-state index in [1.807, 2.05) is 88.0 Å². The Morgan fingerprint density at radius 3 is 1.40 bits per heavy atom. The molecule has 0 aliphatic carbocycles. The maximum atomic E-state index is 15.0. The van der Waals surface area contributed by atoms with Crippen LogP contribution in [0.1, 0.15) is 38.9 Å². The monoisotopic (exact) mass is 983 g/mol. The van der Waals surface area contributed by atoms with Gasteiger partial charge in [-0.15, -0.1) is 0 Å². The molecule has 0 aliphatic heterocycles. The van der Waals surface area contributed by atoms with E-state index in [0.29, 0.717) is 94.3 Å². The molecule has 11 rings (SSSR count). The van der Waals surface area contributed by atoms with Gasteiger partial charge in [-0.25, -0.2) is 0 Å². The Labute approximate surface area is 412 Å². The molecule has 2 heterocycles. The maximum absolute atomic E-state index is 15.0. The number of benzene rings is 9. The second-order valence-electron chi connectivity index (χ2n) is 18.4. The zero-order valence-corrected chi connectivity index (χ0v) is 39.0. The minimum atomic E-state index is -4.73. The van der Waals surface area contributed by atoms with E-state index in [4.69, 9.17) is 0 Å². The molecule has 73 heavy (non-hydrogen) atoms. The van der Waals surface area contributed by atoms with E-state index < -0.39 is 35.2 Å². The topological polar surface area (TPSA) is 33.6 Å². The number of hydrogen-bond acceptors (Lipinski definition) is 1. The SMILES string of the molecule is Cc1cc(-c2ccc3c(c2)c2ccccc2n3-c2ccc(-c3c(C)cccc3C(F)(F)F)cc2-c2c(C#N)cccc2-n2c3ccccc3c3cc(-c4cc(C)cc(C(F)(F)F)c4)ccc32)cc(C(F)(F)F)c1. The van der Waals surface area contributed by atoms with Gasteiger partial charge in [-0.2, -0.15) is 44.8 Å². The molecule has 2 aromatic heterocycles. The third-order valence-corrected chi connectivity index (χ3v) is 13.6. The van der Waals surface area contributed by atoms with Crippen LogP contribution in [0.3, 0.4) is 0 Å². The van der Waals surface area contributed by atoms with Crippen LogP contribution in [0, 0.1) is 32.1 Å². The quantitative estimate of drug-likeness (QED) is 0.153. The van der Waals surface area contributed by atoms with E-state index in [0.717, 1.165) is 41.1 Å². The van der Waals surface area contributed by atoms with Gasteiger partial charge in [-0.05, 0) is 162 Å². The first-order valence-corrected chi connectivity index (χ1v) is 23.1. The number of fused-ring (bicyclic) bond motifs is 6. The number of halogens is 9. The highest BCUT2D eigenvalue weighted by Gasteiger charge is 2.35. The maximum Gasteiger partial charge on any atom is 0.417 e. The fourth-order valence-corrected chi connectivity index (χ4v) is 10.5. The average Bonchev–Trinajstić information content (AvgIpc) is 3.86. The Morgan fingerprint density at radius 2 is 0.877 bits per heavy atom. The van der Waals surface area contributed by atoms with Crippen LogP contribution in [-0.4, -0.2) is 9.13 Å². The zero-order valence-electron chi connectivity index (χ0n) is 39.0. The Hall–Kier alpha value is -8.56. The van der Waals surface area contributed by atoms with Crippen LogP contribution in [0.15, 0.2) is 176 Å². The molecule has 0 bridgehead atoms. The van der Waals surface area contributed by atoms with Gasteiger partial charge in [0.05, 0.1) is 61.8 Å². The van der Waals surface area contributed by atoms with Gasteiger partial charge in [0, 0.05) is 32.7 Å². The van der Waals surface area contributed by atoms with Gasteiger partial charge in [0.1, 0.15) is 0 Å². The van der Waals surface area contributed by atoms with Gasteiger partial charge in [0.2, 0.25) is 0 Å². The van der Waals surface area contributed by atoms with Crippen LogP contribution in [0.4, 0.5) is 39.5 Å². The van der Waals surface area contributed by atoms with Crippen LogP contribution in [0.25, 0.3) is 99.5 Å². The number of para-hydroxylation sites is 2. The van der Waals surface area contributed by atoms with Crippen molar-refractivity contribution in [3.63, 3.8) is 0 Å². The largest absolute Gasteiger partial charge is 0.417 e. The number of alkyl halides is 9. The molecule has 0 radical (unpaired) electrons. The summed E-state index contributed by atoms with van der Waals surface area (Å²) < 4.78 is 133. The molecule has 0 unspecified atom stereocenters. The highest BCUT2D eigenvalue weighted by molar-refractivity contribution is 6.13. The lowest BCUT2D eigenvalue weighted by Crippen LogP contribution is -2.09. The molecule has 0 fully saturated rings. The fraction of sp³-hybridized carbons (Fsp3) is 0.0984. The molecule has 0 spiro atoms. The first-order chi connectivity index (χ1) is 34.8. The summed E-state index contributed by atoms with van der Waals surface area (Å²) in [7, 11) is 0. The Kier molecular flexibility index (Phi) is 10.9. The summed E-state index contributed by atoms with van der Waals surface area (Å²) in [6.07, 6.45) is -13.9. The minimum absolute atomic E-state index is 0.0451. The number of aromatic nitrogens is 2. The minimum Gasteiger partial charge on any atom is -0.309 e. The van der Waals surface area contributed by atoms with Crippen molar-refractivity contribution in [2.75, 3.05) is 0 Å². The average molecular weight is 984 g/mol. The summed E-state index contributed by atoms with van der Waals surface area (Å²) in [5.41, 5.74) is 5.46. The Bertz CT molecular complexity index is 4100. The molecule has 12 heteroatoms. The summed E-state index contributed by atoms with van der Waals surface area (Å²) in [5.74, 6) is 0. The standard InChI is InChI=1S/C61H38F9N3/c1-34-24-41(28-43(26-34)59(62,63)64)37-18-21-53-47(30-37)45-12-4-6-15-51(45)72(53)55-23-20-39(57-36(3)10-8-14-50(57)61(68,69)70)32-49(55)58-40(33-71)11-9-17-56(58)73-52-16-7-5-13-46(52)48-31-38(19-22-54(48)73)42-25-35(2)27-44(29-42)60(65,66)67/h4-32H,1-3H3. The van der Waals surface area contributed by atoms with Crippen molar-refractivity contribution in [2.45, 2.75) is 39.3 Å². The lowest BCUT2D eigenvalue weighted by atomic mass is 9.89. The van der Waals surface area contributed by atoms with Gasteiger partial charge >= 0.3 is 18.5 Å². The number of nitriles is 1. The van der Waals surface area contributed by atoms with E-state index in [1.165, 1.54) is 6.07 Å². The predicted octanol–water partition coefficient (Wildman–Crippen LogP) is 18.4. The molecule has 0 aliphatic rings. The Morgan fingerprint density at radius 1 is 0.384 bits per heavy atom. The Balaban J connectivity index is 1.21. The summed E-state index contributed by atoms with van der Waals surface area (Å²) in [4.78, 5) is 0. The summed E-state index contributed by atoms with van der Waals surface area (Å²) in [6.45, 7) is 4.82. The molecule has 3 nitrogen and oxygen atoms in total. The molecule has 9 aromatic carbocycles. The van der Waals surface area contributed by atoms with Crippen molar-refractivity contribution in [3.8, 4) is 62.0 Å². The number of aryl methyl sites for hydroxylation is 3. The first kappa shape index (κ1) is 46.8. The second-order valence-corrected chi connectivity index (χ2v) is 18.4. The number of rotatable bonds is 6. The smallest absolute Gasteiger partial charge is 0.309 e. The van der Waals surface area contributed by atoms with Crippen LogP contribution in [-0.2, 0) is 18.5 Å². The normalized spacial score (nSPS) is 12.4. The molecule has 0 amide bonds. The van der Waals surface area contributed by atoms with Crippen LogP contribution < -0.4 is 0 Å². The van der Waals surface area contributed by atoms with Crippen molar-refractivity contribution in [1.29, 1.82) is 5.26 Å². The van der Waals surface area contributed by atoms with Gasteiger partial charge < -0.3 is 9.13 Å². The third-order valence-electron chi connectivity index (χ3n) is 13.6. The number of nitrogens with zero attached hydrogens (tertiary/aromatic N) is 3. The molecule has 0 N–H and O–H groups in total.